The fourth-order valence-corrected chi connectivity index (χ4v) is 4.81. The summed E-state index contributed by atoms with van der Waals surface area (Å²) in [6, 6.07) is 4.09. The van der Waals surface area contributed by atoms with E-state index >= 15 is 0 Å². The van der Waals surface area contributed by atoms with Crippen LogP contribution in [-0.2, 0) is 20.1 Å². The maximum absolute atomic E-state index is 12.0. The molecule has 10 heteroatoms. The molecule has 1 aromatic carbocycles. The number of hydrogen-bond acceptors (Lipinski definition) is 5. The maximum Gasteiger partial charge on any atom is 0.332 e. The minimum atomic E-state index is -4.54. The van der Waals surface area contributed by atoms with Crippen molar-refractivity contribution in [2.75, 3.05) is 11.1 Å². The van der Waals surface area contributed by atoms with Gasteiger partial charge >= 0.3 is 6.03 Å². The first kappa shape index (κ1) is 18.7. The molecule has 1 aliphatic carbocycles. The van der Waals surface area contributed by atoms with Crippen molar-refractivity contribution >= 4 is 31.9 Å². The van der Waals surface area contributed by atoms with Crippen molar-refractivity contribution in [1.29, 1.82) is 0 Å². The van der Waals surface area contributed by atoms with Gasteiger partial charge in [-0.2, -0.15) is 8.42 Å². The first-order chi connectivity index (χ1) is 11.2. The van der Waals surface area contributed by atoms with E-state index in [1.165, 1.54) is 18.2 Å². The van der Waals surface area contributed by atoms with E-state index in [1.807, 2.05) is 4.72 Å². The van der Waals surface area contributed by atoms with Gasteiger partial charge in [0.25, 0.3) is 10.1 Å². The van der Waals surface area contributed by atoms with E-state index in [0.717, 1.165) is 38.2 Å². The van der Waals surface area contributed by atoms with Gasteiger partial charge in [0.05, 0.1) is 11.4 Å². The van der Waals surface area contributed by atoms with E-state index in [2.05, 4.69) is 5.32 Å². The molecule has 0 heterocycles. The van der Waals surface area contributed by atoms with Gasteiger partial charge in [0.2, 0.25) is 10.0 Å². The highest BCUT2D eigenvalue weighted by molar-refractivity contribution is 7.90. The molecule has 0 unspecified atom stereocenters. The molecule has 1 saturated carbocycles. The van der Waals surface area contributed by atoms with Crippen molar-refractivity contribution in [3.63, 3.8) is 0 Å². The summed E-state index contributed by atoms with van der Waals surface area (Å²) in [7, 11) is -8.36. The Bertz CT molecular complexity index is 798. The van der Waals surface area contributed by atoms with Gasteiger partial charge in [-0.05, 0) is 30.9 Å². The highest BCUT2D eigenvalue weighted by Crippen LogP contribution is 2.25. The molecule has 0 aromatic heterocycles. The van der Waals surface area contributed by atoms with E-state index in [-0.39, 0.29) is 17.4 Å². The van der Waals surface area contributed by atoms with Crippen LogP contribution in [-0.4, -0.2) is 33.2 Å². The normalized spacial score (nSPS) is 16.5. The molecule has 3 N–H and O–H groups in total. The summed E-state index contributed by atoms with van der Waals surface area (Å²) in [5.41, 5.74) is -0.203. The number of nitrogens with one attached hydrogen (secondary N) is 2. The largest absolute Gasteiger partial charge is 0.332 e. The van der Waals surface area contributed by atoms with Gasteiger partial charge in [0, 0.05) is 0 Å². The van der Waals surface area contributed by atoms with Crippen molar-refractivity contribution in [3.05, 3.63) is 24.3 Å². The molecule has 1 aliphatic rings. The molecule has 24 heavy (non-hydrogen) atoms. The zero-order chi connectivity index (χ0) is 17.8. The zero-order valence-electron chi connectivity index (χ0n) is 12.9. The number of urea groups is 1. The van der Waals surface area contributed by atoms with Gasteiger partial charge in [0.1, 0.15) is 4.90 Å². The fourth-order valence-electron chi connectivity index (χ4n) is 2.79. The molecule has 134 valence electrons. The predicted molar refractivity (Wildman–Crippen MR) is 88.8 cm³/mol. The SMILES string of the molecule is O=C(Nc1ccccc1S(=O)(=O)O)NS(=O)(=O)CC1CCCCC1. The van der Waals surface area contributed by atoms with Crippen molar-refractivity contribution in [2.24, 2.45) is 5.92 Å². The van der Waals surface area contributed by atoms with Crippen LogP contribution in [0.2, 0.25) is 0 Å². The molecular formula is C14H20N2O6S2. The maximum atomic E-state index is 12.0. The third-order valence-corrected chi connectivity index (χ3v) is 6.16. The lowest BCUT2D eigenvalue weighted by atomic mass is 9.91. The lowest BCUT2D eigenvalue weighted by Gasteiger charge is -2.21. The quantitative estimate of drug-likeness (QED) is 0.674. The fraction of sp³-hybridized carbons (Fsp3) is 0.500. The number of benzene rings is 1. The minimum Gasteiger partial charge on any atom is -0.306 e. The number of carbonyl (C=O) groups is 1. The average molecular weight is 376 g/mol. The Kier molecular flexibility index (Phi) is 5.83. The molecule has 2 amide bonds. The Morgan fingerprint density at radius 1 is 1.08 bits per heavy atom. The van der Waals surface area contributed by atoms with Gasteiger partial charge in [-0.15, -0.1) is 0 Å². The Labute approximate surface area is 141 Å². The van der Waals surface area contributed by atoms with Crippen molar-refractivity contribution < 1.29 is 26.2 Å². The molecule has 0 spiro atoms. The van der Waals surface area contributed by atoms with Crippen LogP contribution in [0.3, 0.4) is 0 Å². The Morgan fingerprint density at radius 3 is 2.33 bits per heavy atom. The Morgan fingerprint density at radius 2 is 1.71 bits per heavy atom. The molecule has 1 aromatic rings. The highest BCUT2D eigenvalue weighted by atomic mass is 32.2. The second-order valence-electron chi connectivity index (χ2n) is 5.81. The van der Waals surface area contributed by atoms with E-state index < -0.39 is 31.1 Å². The number of rotatable bonds is 5. The lowest BCUT2D eigenvalue weighted by molar-refractivity contribution is 0.256. The molecule has 0 aliphatic heterocycles. The van der Waals surface area contributed by atoms with E-state index in [4.69, 9.17) is 4.55 Å². The summed E-state index contributed by atoms with van der Waals surface area (Å²) < 4.78 is 57.6. The van der Waals surface area contributed by atoms with Crippen LogP contribution < -0.4 is 10.0 Å². The summed E-state index contributed by atoms with van der Waals surface area (Å²) in [5, 5.41) is 2.14. The summed E-state index contributed by atoms with van der Waals surface area (Å²) in [6.07, 6.45) is 4.68. The van der Waals surface area contributed by atoms with Crippen molar-refractivity contribution in [3.8, 4) is 0 Å². The molecular weight excluding hydrogens is 356 g/mol. The van der Waals surface area contributed by atoms with E-state index in [0.29, 0.717) is 0 Å². The van der Waals surface area contributed by atoms with Crippen LogP contribution in [0.15, 0.2) is 29.2 Å². The van der Waals surface area contributed by atoms with Crippen LogP contribution >= 0.6 is 0 Å². The van der Waals surface area contributed by atoms with Gasteiger partial charge in [-0.1, -0.05) is 31.4 Å². The van der Waals surface area contributed by atoms with E-state index in [1.54, 1.807) is 0 Å². The number of anilines is 1. The lowest BCUT2D eigenvalue weighted by Crippen LogP contribution is -2.38. The molecule has 0 radical (unpaired) electrons. The van der Waals surface area contributed by atoms with Gasteiger partial charge in [-0.25, -0.2) is 17.9 Å². The van der Waals surface area contributed by atoms with Gasteiger partial charge in [-0.3, -0.25) is 4.55 Å². The highest BCUT2D eigenvalue weighted by Gasteiger charge is 2.24. The smallest absolute Gasteiger partial charge is 0.306 e. The Hall–Kier alpha value is -1.65. The number of hydrogen-bond donors (Lipinski definition) is 3. The standard InChI is InChI=1S/C14H20N2O6S2/c17-14(15-12-8-4-5-9-13(12)24(20,21)22)16-23(18,19)10-11-6-2-1-3-7-11/h4-5,8-9,11H,1-3,6-7,10H2,(H2,15,16,17)(H,20,21,22). The van der Waals surface area contributed by atoms with Crippen LogP contribution in [0.1, 0.15) is 32.1 Å². The van der Waals surface area contributed by atoms with Gasteiger partial charge < -0.3 is 5.32 Å². The van der Waals surface area contributed by atoms with Crippen molar-refractivity contribution in [1.82, 2.24) is 4.72 Å². The van der Waals surface area contributed by atoms with Crippen LogP contribution in [0.5, 0.6) is 0 Å². The van der Waals surface area contributed by atoms with Crippen molar-refractivity contribution in [2.45, 2.75) is 37.0 Å². The van der Waals surface area contributed by atoms with Crippen LogP contribution in [0, 0.1) is 5.92 Å². The second-order valence-corrected chi connectivity index (χ2v) is 8.97. The van der Waals surface area contributed by atoms with Crippen LogP contribution in [0.4, 0.5) is 10.5 Å². The number of carbonyl (C=O) groups excluding carboxylic acids is 1. The molecule has 8 nitrogen and oxygen atoms in total. The molecule has 0 atom stereocenters. The first-order valence-electron chi connectivity index (χ1n) is 7.55. The predicted octanol–water partition coefficient (Wildman–Crippen LogP) is 1.96. The zero-order valence-corrected chi connectivity index (χ0v) is 14.6. The average Bonchev–Trinajstić information content (AvgIpc) is 2.46. The topological polar surface area (TPSA) is 130 Å². The summed E-state index contributed by atoms with van der Waals surface area (Å²) in [4.78, 5) is 11.4. The minimum absolute atomic E-state index is 0.0224. The monoisotopic (exact) mass is 376 g/mol. The summed E-state index contributed by atoms with van der Waals surface area (Å²) in [6.45, 7) is 0. The number of amides is 2. The van der Waals surface area contributed by atoms with Gasteiger partial charge in [0.15, 0.2) is 0 Å². The van der Waals surface area contributed by atoms with E-state index in [9.17, 15) is 21.6 Å². The molecule has 0 bridgehead atoms. The summed E-state index contributed by atoms with van der Waals surface area (Å²) in [5.74, 6) is -0.116. The number of sulfonamides is 1. The first-order valence-corrected chi connectivity index (χ1v) is 10.6. The third-order valence-electron chi connectivity index (χ3n) is 3.84. The number of para-hydroxylation sites is 1. The summed E-state index contributed by atoms with van der Waals surface area (Å²) >= 11 is 0. The molecule has 1 fully saturated rings. The Balaban J connectivity index is 2.03. The third kappa shape index (κ3) is 5.46. The molecule has 2 rings (SSSR count). The van der Waals surface area contributed by atoms with Crippen LogP contribution in [0.25, 0.3) is 0 Å². The molecule has 0 saturated heterocycles. The second kappa shape index (κ2) is 7.49.